The van der Waals surface area contributed by atoms with Crippen LogP contribution in [0.5, 0.6) is 0 Å². The minimum Gasteiger partial charge on any atom is -0.290 e. The van der Waals surface area contributed by atoms with Crippen LogP contribution in [0.3, 0.4) is 0 Å². The Bertz CT molecular complexity index is 466. The summed E-state index contributed by atoms with van der Waals surface area (Å²) in [6.45, 7) is 3.85. The number of carbonyl (C=O) groups excluding carboxylic acids is 1. The zero-order chi connectivity index (χ0) is 8.55. The average molecular weight is 156 g/mol. The smallest absolute Gasteiger partial charge is 0.179 e. The highest BCUT2D eigenvalue weighted by molar-refractivity contribution is 6.16. The maximum Gasteiger partial charge on any atom is 0.179 e. The van der Waals surface area contributed by atoms with E-state index in [2.05, 4.69) is 6.58 Å². The molecule has 0 saturated heterocycles. The molecule has 0 aliphatic heterocycles. The van der Waals surface area contributed by atoms with Gasteiger partial charge in [-0.25, -0.2) is 0 Å². The first-order valence-electron chi connectivity index (χ1n) is 3.79. The first-order chi connectivity index (χ1) is 5.77. The van der Waals surface area contributed by atoms with E-state index in [4.69, 9.17) is 0 Å². The molecule has 1 aliphatic carbocycles. The van der Waals surface area contributed by atoms with Gasteiger partial charge in [-0.15, -0.1) is 0 Å². The predicted octanol–water partition coefficient (Wildman–Crippen LogP) is 0.473. The normalized spacial score (nSPS) is 13.8. The van der Waals surface area contributed by atoms with Crippen molar-refractivity contribution in [1.82, 2.24) is 0 Å². The highest BCUT2D eigenvalue weighted by atomic mass is 16.1. The molecule has 0 spiro atoms. The minimum atomic E-state index is 0.0404. The fraction of sp³-hybridized carbons (Fsp3) is 0. The third kappa shape index (κ3) is 0.996. The van der Waals surface area contributed by atoms with E-state index in [9.17, 15) is 4.79 Å². The van der Waals surface area contributed by atoms with E-state index < -0.39 is 0 Å². The van der Waals surface area contributed by atoms with Crippen LogP contribution in [-0.2, 0) is 4.79 Å². The van der Waals surface area contributed by atoms with Gasteiger partial charge in [-0.1, -0.05) is 30.9 Å². The molecule has 0 radical (unpaired) electrons. The highest BCUT2D eigenvalue weighted by Crippen LogP contribution is 1.98. The molecule has 0 fully saturated rings. The van der Waals surface area contributed by atoms with Crippen LogP contribution >= 0.6 is 0 Å². The molecule has 0 aromatic heterocycles. The third-order valence-electron chi connectivity index (χ3n) is 1.94. The van der Waals surface area contributed by atoms with Crippen LogP contribution in [0.15, 0.2) is 24.3 Å². The summed E-state index contributed by atoms with van der Waals surface area (Å²) < 4.78 is 0. The summed E-state index contributed by atoms with van der Waals surface area (Å²) in [6, 6.07) is 5.82. The van der Waals surface area contributed by atoms with Gasteiger partial charge in [0.1, 0.15) is 0 Å². The van der Waals surface area contributed by atoms with Crippen molar-refractivity contribution in [3.63, 3.8) is 0 Å². The Labute approximate surface area is 70.3 Å². The fourth-order valence-electron chi connectivity index (χ4n) is 1.32. The molecule has 0 heterocycles. The summed E-state index contributed by atoms with van der Waals surface area (Å²) in [6.07, 6.45) is 5.02. The first-order valence-corrected chi connectivity index (χ1v) is 3.79. The van der Waals surface area contributed by atoms with E-state index in [1.165, 1.54) is 0 Å². The van der Waals surface area contributed by atoms with Crippen molar-refractivity contribution in [2.45, 2.75) is 0 Å². The van der Waals surface area contributed by atoms with Gasteiger partial charge in [0.2, 0.25) is 0 Å². The number of hydrogen-bond acceptors (Lipinski definition) is 1. The zero-order valence-electron chi connectivity index (χ0n) is 6.58. The van der Waals surface area contributed by atoms with Crippen LogP contribution < -0.4 is 10.4 Å². The summed E-state index contributed by atoms with van der Waals surface area (Å²) >= 11 is 0. The quantitative estimate of drug-likeness (QED) is 0.533. The molecule has 58 valence electrons. The van der Waals surface area contributed by atoms with Gasteiger partial charge in [0.15, 0.2) is 5.78 Å². The number of ketones is 1. The van der Waals surface area contributed by atoms with Crippen molar-refractivity contribution >= 4 is 24.5 Å². The number of benzene rings is 1. The molecule has 1 aliphatic rings. The number of carbonyl (C=O) groups is 1. The second-order valence-electron chi connectivity index (χ2n) is 2.80. The van der Waals surface area contributed by atoms with Crippen molar-refractivity contribution in [3.8, 4) is 0 Å². The van der Waals surface area contributed by atoms with Crippen molar-refractivity contribution < 1.29 is 4.79 Å². The summed E-state index contributed by atoms with van der Waals surface area (Å²) in [5, 5.41) is 1.86. The van der Waals surface area contributed by atoms with E-state index in [0.717, 1.165) is 16.0 Å². The largest absolute Gasteiger partial charge is 0.290 e. The number of rotatable bonds is 0. The number of allylic oxidation sites excluding steroid dienone is 1. The summed E-state index contributed by atoms with van der Waals surface area (Å²) in [7, 11) is 0. The fourth-order valence-corrected chi connectivity index (χ4v) is 1.32. The van der Waals surface area contributed by atoms with Gasteiger partial charge in [-0.3, -0.25) is 4.79 Å². The van der Waals surface area contributed by atoms with Gasteiger partial charge in [0, 0.05) is 0 Å². The van der Waals surface area contributed by atoms with Gasteiger partial charge in [0.05, 0.1) is 0 Å². The molecule has 2 rings (SSSR count). The van der Waals surface area contributed by atoms with Crippen molar-refractivity contribution in [1.29, 1.82) is 0 Å². The van der Waals surface area contributed by atoms with Crippen LogP contribution in [0.2, 0.25) is 0 Å². The summed E-state index contributed by atoms with van der Waals surface area (Å²) in [5.41, 5.74) is 1.07. The van der Waals surface area contributed by atoms with E-state index in [0.29, 0.717) is 0 Å². The molecule has 0 amide bonds. The van der Waals surface area contributed by atoms with E-state index in [1.54, 1.807) is 12.2 Å². The minimum absolute atomic E-state index is 0.0404. The zero-order valence-corrected chi connectivity index (χ0v) is 6.58. The molecule has 0 saturated carbocycles. The number of hydrogen-bond donors (Lipinski definition) is 0. The lowest BCUT2D eigenvalue weighted by Gasteiger charge is -2.00. The van der Waals surface area contributed by atoms with Gasteiger partial charge in [-0.05, 0) is 28.2 Å². The Morgan fingerprint density at radius 3 is 2.83 bits per heavy atom. The maximum atomic E-state index is 11.0. The average Bonchev–Trinajstić information content (AvgIpc) is 2.07. The first kappa shape index (κ1) is 7.04. The van der Waals surface area contributed by atoms with Gasteiger partial charge >= 0.3 is 0 Å². The second-order valence-corrected chi connectivity index (χ2v) is 2.80. The topological polar surface area (TPSA) is 17.1 Å². The van der Waals surface area contributed by atoms with Crippen LogP contribution in [0.25, 0.3) is 18.7 Å². The molecule has 0 atom stereocenters. The monoisotopic (exact) mass is 156 g/mol. The van der Waals surface area contributed by atoms with Crippen molar-refractivity contribution in [2.24, 2.45) is 0 Å². The molecule has 0 bridgehead atoms. The number of fused-ring (bicyclic) bond motifs is 1. The van der Waals surface area contributed by atoms with Crippen molar-refractivity contribution in [2.75, 3.05) is 0 Å². The van der Waals surface area contributed by atoms with E-state index >= 15 is 0 Å². The summed E-state index contributed by atoms with van der Waals surface area (Å²) in [5.74, 6) is 0.0404. The van der Waals surface area contributed by atoms with E-state index in [1.807, 2.05) is 24.3 Å². The lowest BCUT2D eigenvalue weighted by atomic mass is 10.0. The third-order valence-corrected chi connectivity index (χ3v) is 1.94. The Hall–Kier alpha value is -1.63. The van der Waals surface area contributed by atoms with Gasteiger partial charge < -0.3 is 0 Å². The molecular weight excluding hydrogens is 148 g/mol. The standard InChI is InChI=1S/C11H8O/c1-8-3-2-4-9-5-6-10(12)7-11(8)9/h2-7H,1H2. The van der Waals surface area contributed by atoms with Crippen LogP contribution in [0.4, 0.5) is 0 Å². The molecular formula is C11H8O. The molecule has 0 N–H and O–H groups in total. The van der Waals surface area contributed by atoms with E-state index in [-0.39, 0.29) is 5.78 Å². The molecule has 1 aromatic carbocycles. The van der Waals surface area contributed by atoms with Gasteiger partial charge in [0.25, 0.3) is 0 Å². The van der Waals surface area contributed by atoms with Crippen LogP contribution in [0.1, 0.15) is 5.56 Å². The lowest BCUT2D eigenvalue weighted by molar-refractivity contribution is -0.109. The Morgan fingerprint density at radius 1 is 1.17 bits per heavy atom. The summed E-state index contributed by atoms with van der Waals surface area (Å²) in [4.78, 5) is 11.0. The molecule has 1 nitrogen and oxygen atoms in total. The Kier molecular flexibility index (Phi) is 1.44. The maximum absolute atomic E-state index is 11.0. The molecule has 12 heavy (non-hydrogen) atoms. The molecule has 1 heteroatoms. The molecule has 1 aromatic rings. The SMILES string of the molecule is C=c1cccc2c1=CC(=O)C=C2. The second kappa shape index (κ2) is 2.45. The Morgan fingerprint density at radius 2 is 2.00 bits per heavy atom. The Balaban J connectivity index is 2.91. The molecule has 0 unspecified atom stereocenters. The van der Waals surface area contributed by atoms with Crippen LogP contribution in [0, 0.1) is 0 Å². The van der Waals surface area contributed by atoms with Crippen molar-refractivity contribution in [3.05, 3.63) is 40.3 Å². The van der Waals surface area contributed by atoms with Crippen LogP contribution in [-0.4, -0.2) is 5.78 Å². The highest BCUT2D eigenvalue weighted by Gasteiger charge is 2.00. The lowest BCUT2D eigenvalue weighted by Crippen LogP contribution is -2.28. The van der Waals surface area contributed by atoms with Gasteiger partial charge in [-0.2, -0.15) is 0 Å². The predicted molar refractivity (Wildman–Crippen MR) is 49.7 cm³/mol.